The van der Waals surface area contributed by atoms with Gasteiger partial charge in [0.25, 0.3) is 0 Å². The Kier molecular flexibility index (Phi) is 6.17. The van der Waals surface area contributed by atoms with E-state index in [-0.39, 0.29) is 0 Å². The lowest BCUT2D eigenvalue weighted by molar-refractivity contribution is 0.227. The highest BCUT2D eigenvalue weighted by Gasteiger charge is 2.28. The Labute approximate surface area is 191 Å². The molecule has 0 amide bonds. The van der Waals surface area contributed by atoms with Gasteiger partial charge >= 0.3 is 0 Å². The number of aryl methyl sites for hydroxylation is 1. The van der Waals surface area contributed by atoms with Gasteiger partial charge in [-0.1, -0.05) is 42.8 Å². The van der Waals surface area contributed by atoms with Crippen LogP contribution in [-0.4, -0.2) is 53.1 Å². The van der Waals surface area contributed by atoms with E-state index in [9.17, 15) is 0 Å². The number of nitrogens with zero attached hydrogens (tertiary/aromatic N) is 5. The van der Waals surface area contributed by atoms with Crippen molar-refractivity contribution in [1.82, 2.24) is 19.9 Å². The van der Waals surface area contributed by atoms with Crippen LogP contribution in [0.1, 0.15) is 53.9 Å². The van der Waals surface area contributed by atoms with Crippen molar-refractivity contribution in [2.24, 2.45) is 0 Å². The highest BCUT2D eigenvalue weighted by Crippen LogP contribution is 2.40. The summed E-state index contributed by atoms with van der Waals surface area (Å²) in [6.07, 6.45) is 8.80. The molecule has 0 bridgehead atoms. The van der Waals surface area contributed by atoms with Gasteiger partial charge in [-0.2, -0.15) is 0 Å². The van der Waals surface area contributed by atoms with Crippen LogP contribution in [0.3, 0.4) is 0 Å². The van der Waals surface area contributed by atoms with Gasteiger partial charge in [0.2, 0.25) is 0 Å². The second-order valence-electron chi connectivity index (χ2n) is 9.32. The molecule has 166 valence electrons. The average molecular weight is 428 g/mol. The Morgan fingerprint density at radius 3 is 2.66 bits per heavy atom. The van der Waals surface area contributed by atoms with Crippen molar-refractivity contribution >= 4 is 5.82 Å². The lowest BCUT2D eigenvalue weighted by Gasteiger charge is -2.28. The van der Waals surface area contributed by atoms with E-state index in [4.69, 9.17) is 15.0 Å². The standard InChI is InChI=1S/C27H33N5/c1-20-16-22-18-23-25(26(22)28-19-20)27(30-24(29-23)17-21-10-5-3-6-11-21)31(2)12-9-15-32-13-7-4-8-14-32/h3,5-6,10-11,16,19H,4,7-9,12-15,17-18H2,1-2H3. The summed E-state index contributed by atoms with van der Waals surface area (Å²) in [4.78, 5) is 19.8. The Morgan fingerprint density at radius 1 is 1.03 bits per heavy atom. The third kappa shape index (κ3) is 4.53. The number of benzene rings is 1. The molecule has 5 heteroatoms. The first kappa shape index (κ1) is 21.1. The fourth-order valence-electron chi connectivity index (χ4n) is 5.04. The lowest BCUT2D eigenvalue weighted by atomic mass is 10.1. The molecule has 2 aliphatic rings. The molecule has 0 saturated carbocycles. The van der Waals surface area contributed by atoms with Crippen LogP contribution in [0.25, 0.3) is 11.3 Å². The Bertz CT molecular complexity index is 1070. The highest BCUT2D eigenvalue weighted by atomic mass is 15.2. The lowest BCUT2D eigenvalue weighted by Crippen LogP contribution is -2.33. The molecular formula is C27H33N5. The zero-order chi connectivity index (χ0) is 21.9. The topological polar surface area (TPSA) is 45.2 Å². The second kappa shape index (κ2) is 9.37. The minimum Gasteiger partial charge on any atom is -0.359 e. The first-order valence-corrected chi connectivity index (χ1v) is 12.0. The maximum Gasteiger partial charge on any atom is 0.141 e. The van der Waals surface area contributed by atoms with Crippen LogP contribution < -0.4 is 4.90 Å². The fourth-order valence-corrected chi connectivity index (χ4v) is 5.04. The molecule has 1 aromatic carbocycles. The minimum absolute atomic E-state index is 0.755. The first-order chi connectivity index (χ1) is 15.7. The van der Waals surface area contributed by atoms with Gasteiger partial charge in [0, 0.05) is 32.6 Å². The van der Waals surface area contributed by atoms with Crippen LogP contribution >= 0.6 is 0 Å². The van der Waals surface area contributed by atoms with Crippen molar-refractivity contribution in [2.45, 2.75) is 45.4 Å². The molecule has 5 nitrogen and oxygen atoms in total. The molecule has 0 unspecified atom stereocenters. The molecule has 0 spiro atoms. The van der Waals surface area contributed by atoms with Crippen molar-refractivity contribution < 1.29 is 0 Å². The van der Waals surface area contributed by atoms with Crippen LogP contribution in [0.2, 0.25) is 0 Å². The number of likely N-dealkylation sites (tertiary alicyclic amines) is 1. The summed E-state index contributed by atoms with van der Waals surface area (Å²) in [6.45, 7) is 6.78. The van der Waals surface area contributed by atoms with E-state index in [0.29, 0.717) is 0 Å². The van der Waals surface area contributed by atoms with E-state index in [1.807, 2.05) is 6.20 Å². The first-order valence-electron chi connectivity index (χ1n) is 12.0. The van der Waals surface area contributed by atoms with E-state index in [0.717, 1.165) is 54.4 Å². The van der Waals surface area contributed by atoms with Crippen molar-refractivity contribution in [1.29, 1.82) is 0 Å². The maximum absolute atomic E-state index is 5.09. The SMILES string of the molecule is Cc1cnc2c(c1)Cc1nc(Cc3ccccc3)nc(N(C)CCCN3CCCCC3)c1-2. The van der Waals surface area contributed by atoms with E-state index < -0.39 is 0 Å². The van der Waals surface area contributed by atoms with Crippen LogP contribution in [0.4, 0.5) is 5.82 Å². The fraction of sp³-hybridized carbons (Fsp3) is 0.444. The van der Waals surface area contributed by atoms with Gasteiger partial charge in [0.1, 0.15) is 11.6 Å². The predicted octanol–water partition coefficient (Wildman–Crippen LogP) is 4.65. The van der Waals surface area contributed by atoms with E-state index in [1.54, 1.807) is 0 Å². The summed E-state index contributed by atoms with van der Waals surface area (Å²) >= 11 is 0. The summed E-state index contributed by atoms with van der Waals surface area (Å²) in [6, 6.07) is 12.8. The van der Waals surface area contributed by atoms with Gasteiger partial charge < -0.3 is 9.80 Å². The van der Waals surface area contributed by atoms with Crippen LogP contribution in [0.15, 0.2) is 42.6 Å². The molecule has 1 aliphatic heterocycles. The zero-order valence-corrected chi connectivity index (χ0v) is 19.3. The molecule has 1 fully saturated rings. The molecule has 1 saturated heterocycles. The van der Waals surface area contributed by atoms with Crippen LogP contribution in [0.5, 0.6) is 0 Å². The number of hydrogen-bond donors (Lipinski definition) is 0. The molecule has 32 heavy (non-hydrogen) atoms. The largest absolute Gasteiger partial charge is 0.359 e. The third-order valence-corrected chi connectivity index (χ3v) is 6.69. The zero-order valence-electron chi connectivity index (χ0n) is 19.3. The minimum atomic E-state index is 0.755. The van der Waals surface area contributed by atoms with Gasteiger partial charge in [-0.25, -0.2) is 9.97 Å². The Morgan fingerprint density at radius 2 is 1.84 bits per heavy atom. The molecule has 1 aliphatic carbocycles. The van der Waals surface area contributed by atoms with Crippen molar-refractivity contribution in [3.05, 3.63) is 70.8 Å². The summed E-state index contributed by atoms with van der Waals surface area (Å²) in [7, 11) is 2.18. The molecule has 3 heterocycles. The second-order valence-corrected chi connectivity index (χ2v) is 9.32. The number of anilines is 1. The molecule has 0 radical (unpaired) electrons. The quantitative estimate of drug-likeness (QED) is 0.429. The van der Waals surface area contributed by atoms with E-state index in [1.165, 1.54) is 55.6 Å². The maximum atomic E-state index is 5.09. The van der Waals surface area contributed by atoms with Crippen molar-refractivity contribution in [3.63, 3.8) is 0 Å². The number of pyridine rings is 1. The van der Waals surface area contributed by atoms with E-state index in [2.05, 4.69) is 60.2 Å². The van der Waals surface area contributed by atoms with E-state index >= 15 is 0 Å². The average Bonchev–Trinajstić information content (AvgIpc) is 3.17. The molecule has 3 aromatic rings. The molecule has 5 rings (SSSR count). The number of hydrogen-bond acceptors (Lipinski definition) is 5. The summed E-state index contributed by atoms with van der Waals surface area (Å²) in [5, 5.41) is 0. The predicted molar refractivity (Wildman–Crippen MR) is 130 cm³/mol. The Hall–Kier alpha value is -2.79. The molecule has 2 aromatic heterocycles. The van der Waals surface area contributed by atoms with Gasteiger partial charge in [0.15, 0.2) is 0 Å². The van der Waals surface area contributed by atoms with Crippen LogP contribution in [0, 0.1) is 6.92 Å². The number of rotatable bonds is 7. The Balaban J connectivity index is 1.41. The highest BCUT2D eigenvalue weighted by molar-refractivity contribution is 5.82. The third-order valence-electron chi connectivity index (χ3n) is 6.69. The number of aromatic nitrogens is 3. The monoisotopic (exact) mass is 427 g/mol. The van der Waals surface area contributed by atoms with Gasteiger partial charge in [-0.05, 0) is 62.5 Å². The van der Waals surface area contributed by atoms with Crippen LogP contribution in [-0.2, 0) is 12.8 Å². The summed E-state index contributed by atoms with van der Waals surface area (Å²) in [5.74, 6) is 1.94. The van der Waals surface area contributed by atoms with Gasteiger partial charge in [-0.15, -0.1) is 0 Å². The normalized spacial score (nSPS) is 15.4. The summed E-state index contributed by atoms with van der Waals surface area (Å²) < 4.78 is 0. The van der Waals surface area contributed by atoms with Gasteiger partial charge in [0.05, 0.1) is 17.0 Å². The molecule has 0 N–H and O–H groups in total. The number of piperidine rings is 1. The van der Waals surface area contributed by atoms with Gasteiger partial charge in [-0.3, -0.25) is 4.98 Å². The smallest absolute Gasteiger partial charge is 0.141 e. The van der Waals surface area contributed by atoms with Crippen molar-refractivity contribution in [3.8, 4) is 11.3 Å². The number of fused-ring (bicyclic) bond motifs is 3. The van der Waals surface area contributed by atoms with Crippen molar-refractivity contribution in [2.75, 3.05) is 38.1 Å². The molecule has 0 atom stereocenters. The summed E-state index contributed by atoms with van der Waals surface area (Å²) in [5.41, 5.74) is 7.04. The molecular weight excluding hydrogens is 394 g/mol.